The summed E-state index contributed by atoms with van der Waals surface area (Å²) in [5.74, 6) is -0.616. The molecule has 150 valence electrons. The minimum absolute atomic E-state index is 0.136. The summed E-state index contributed by atoms with van der Waals surface area (Å²) in [5.41, 5.74) is 3.68. The summed E-state index contributed by atoms with van der Waals surface area (Å²) >= 11 is 1.52. The number of fused-ring (bicyclic) bond motifs is 1. The topological polar surface area (TPSA) is 75.5 Å². The summed E-state index contributed by atoms with van der Waals surface area (Å²) in [5, 5.41) is 8.31. The number of sulfonamides is 1. The molecule has 0 radical (unpaired) electrons. The van der Waals surface area contributed by atoms with Gasteiger partial charge >= 0.3 is 0 Å². The van der Waals surface area contributed by atoms with Crippen LogP contribution in [0.3, 0.4) is 0 Å². The number of benzene rings is 2. The van der Waals surface area contributed by atoms with Crippen LogP contribution in [0, 0.1) is 5.82 Å². The van der Waals surface area contributed by atoms with Crippen LogP contribution in [0.15, 0.2) is 81.7 Å². The van der Waals surface area contributed by atoms with E-state index in [9.17, 15) is 12.8 Å². The lowest BCUT2D eigenvalue weighted by molar-refractivity contribution is 0.371. The Hall–Kier alpha value is -3.17. The summed E-state index contributed by atoms with van der Waals surface area (Å²) in [4.78, 5) is 8.45. The SMILES string of the molecule is O=S(=O)(c1cccc(F)c1)N1N=C(c2ccsc2)C[C@@H]1c1ccc2nccnc2c1. The van der Waals surface area contributed by atoms with Gasteiger partial charge in [-0.05, 0) is 52.7 Å². The van der Waals surface area contributed by atoms with E-state index in [1.54, 1.807) is 12.4 Å². The van der Waals surface area contributed by atoms with Crippen LogP contribution in [0.4, 0.5) is 4.39 Å². The number of aromatic nitrogens is 2. The van der Waals surface area contributed by atoms with Crippen LogP contribution in [0.5, 0.6) is 0 Å². The first-order valence-corrected chi connectivity index (χ1v) is 11.5. The van der Waals surface area contributed by atoms with E-state index in [1.807, 2.05) is 35.0 Å². The summed E-state index contributed by atoms with van der Waals surface area (Å²) < 4.78 is 41.6. The Morgan fingerprint density at radius 3 is 2.63 bits per heavy atom. The molecule has 0 saturated carbocycles. The monoisotopic (exact) mass is 438 g/mol. The lowest BCUT2D eigenvalue weighted by Crippen LogP contribution is -2.27. The highest BCUT2D eigenvalue weighted by atomic mass is 32.2. The van der Waals surface area contributed by atoms with Crippen LogP contribution in [0.2, 0.25) is 0 Å². The largest absolute Gasteiger partial charge is 0.279 e. The fraction of sp³-hybridized carbons (Fsp3) is 0.0952. The number of rotatable bonds is 4. The van der Waals surface area contributed by atoms with Crippen LogP contribution in [0.1, 0.15) is 23.6 Å². The molecule has 1 atom stereocenters. The van der Waals surface area contributed by atoms with Gasteiger partial charge in [0.2, 0.25) is 0 Å². The molecule has 0 spiro atoms. The highest BCUT2D eigenvalue weighted by molar-refractivity contribution is 7.89. The number of halogens is 1. The molecule has 0 saturated heterocycles. The van der Waals surface area contributed by atoms with E-state index in [2.05, 4.69) is 15.1 Å². The summed E-state index contributed by atoms with van der Waals surface area (Å²) in [6.45, 7) is 0. The first-order valence-electron chi connectivity index (χ1n) is 9.13. The van der Waals surface area contributed by atoms with Gasteiger partial charge in [-0.15, -0.1) is 0 Å². The van der Waals surface area contributed by atoms with Crippen LogP contribution in [-0.2, 0) is 10.0 Å². The maximum absolute atomic E-state index is 13.7. The van der Waals surface area contributed by atoms with Crippen molar-refractivity contribution in [3.63, 3.8) is 0 Å². The van der Waals surface area contributed by atoms with Crippen LogP contribution < -0.4 is 0 Å². The van der Waals surface area contributed by atoms with Crippen molar-refractivity contribution >= 4 is 38.1 Å². The third-order valence-electron chi connectivity index (χ3n) is 4.95. The highest BCUT2D eigenvalue weighted by Crippen LogP contribution is 2.38. The second-order valence-corrected chi connectivity index (χ2v) is 9.39. The molecule has 0 amide bonds. The predicted molar refractivity (Wildman–Crippen MR) is 113 cm³/mol. The van der Waals surface area contributed by atoms with E-state index in [1.165, 1.54) is 29.5 Å². The molecule has 9 heteroatoms. The minimum Gasteiger partial charge on any atom is -0.253 e. The van der Waals surface area contributed by atoms with E-state index in [4.69, 9.17) is 0 Å². The molecule has 3 heterocycles. The van der Waals surface area contributed by atoms with Gasteiger partial charge in [0.25, 0.3) is 10.0 Å². The Morgan fingerprint density at radius 2 is 1.87 bits per heavy atom. The van der Waals surface area contributed by atoms with Crippen molar-refractivity contribution in [3.05, 3.63) is 88.6 Å². The number of thiophene rings is 1. The Balaban J connectivity index is 1.63. The van der Waals surface area contributed by atoms with E-state index in [0.29, 0.717) is 17.6 Å². The maximum Gasteiger partial charge on any atom is 0.279 e. The smallest absolute Gasteiger partial charge is 0.253 e. The summed E-state index contributed by atoms with van der Waals surface area (Å²) in [6.07, 6.45) is 3.60. The molecule has 0 unspecified atom stereocenters. The van der Waals surface area contributed by atoms with Gasteiger partial charge in [0.1, 0.15) is 5.82 Å². The van der Waals surface area contributed by atoms with Crippen LogP contribution >= 0.6 is 11.3 Å². The molecule has 5 rings (SSSR count). The summed E-state index contributed by atoms with van der Waals surface area (Å²) in [6, 6.07) is 11.8. The first kappa shape index (κ1) is 18.8. The molecule has 0 bridgehead atoms. The fourth-order valence-corrected chi connectivity index (χ4v) is 5.61. The quantitative estimate of drug-likeness (QED) is 0.474. The average Bonchev–Trinajstić information content (AvgIpc) is 3.43. The fourth-order valence-electron chi connectivity index (χ4n) is 3.48. The van der Waals surface area contributed by atoms with Crippen molar-refractivity contribution < 1.29 is 12.8 Å². The molecule has 4 aromatic rings. The lowest BCUT2D eigenvalue weighted by atomic mass is 10.00. The van der Waals surface area contributed by atoms with Gasteiger partial charge in [-0.2, -0.15) is 29.3 Å². The molecule has 6 nitrogen and oxygen atoms in total. The van der Waals surface area contributed by atoms with E-state index >= 15 is 0 Å². The summed E-state index contributed by atoms with van der Waals surface area (Å²) in [7, 11) is -4.06. The van der Waals surface area contributed by atoms with Crippen molar-refractivity contribution in [3.8, 4) is 0 Å². The van der Waals surface area contributed by atoms with E-state index in [-0.39, 0.29) is 4.90 Å². The second kappa shape index (κ2) is 7.26. The van der Waals surface area contributed by atoms with E-state index < -0.39 is 21.9 Å². The van der Waals surface area contributed by atoms with Gasteiger partial charge in [-0.25, -0.2) is 4.39 Å². The number of hydrazone groups is 1. The first-order chi connectivity index (χ1) is 14.5. The third kappa shape index (κ3) is 3.25. The predicted octanol–water partition coefficient (Wildman–Crippen LogP) is 4.37. The maximum atomic E-state index is 13.7. The van der Waals surface area contributed by atoms with Gasteiger partial charge in [0.05, 0.1) is 27.7 Å². The van der Waals surface area contributed by atoms with Crippen LogP contribution in [0.25, 0.3) is 11.0 Å². The van der Waals surface area contributed by atoms with E-state index in [0.717, 1.165) is 27.1 Å². The van der Waals surface area contributed by atoms with Crippen molar-refractivity contribution in [2.45, 2.75) is 17.4 Å². The molecule has 30 heavy (non-hydrogen) atoms. The Bertz CT molecular complexity index is 1370. The van der Waals surface area contributed by atoms with Gasteiger partial charge in [0, 0.05) is 24.4 Å². The molecule has 2 aromatic heterocycles. The molecule has 2 aromatic carbocycles. The lowest BCUT2D eigenvalue weighted by Gasteiger charge is -2.23. The van der Waals surface area contributed by atoms with Gasteiger partial charge < -0.3 is 0 Å². The standard InChI is InChI=1S/C21H15FN4O2S2/c22-16-2-1-3-17(11-16)30(27,28)26-21(12-19(25-26)15-6-9-29-13-15)14-4-5-18-20(10-14)24-8-7-23-18/h1-11,13,21H,12H2/t21-/m1/s1. The minimum atomic E-state index is -4.06. The molecule has 1 aliphatic heterocycles. The Labute approximate surface area is 176 Å². The third-order valence-corrected chi connectivity index (χ3v) is 7.31. The Kier molecular flexibility index (Phi) is 4.56. The number of hydrogen-bond acceptors (Lipinski definition) is 6. The number of hydrogen-bond donors (Lipinski definition) is 0. The molecule has 1 aliphatic rings. The van der Waals surface area contributed by atoms with Gasteiger partial charge in [-0.1, -0.05) is 12.1 Å². The second-order valence-electron chi connectivity index (χ2n) is 6.82. The normalized spacial score (nSPS) is 16.8. The van der Waals surface area contributed by atoms with Crippen molar-refractivity contribution in [1.29, 1.82) is 0 Å². The highest BCUT2D eigenvalue weighted by Gasteiger charge is 2.38. The Morgan fingerprint density at radius 1 is 1.03 bits per heavy atom. The number of nitrogens with zero attached hydrogens (tertiary/aromatic N) is 4. The molecule has 0 aliphatic carbocycles. The van der Waals surface area contributed by atoms with Gasteiger partial charge in [0.15, 0.2) is 0 Å². The molecular weight excluding hydrogens is 423 g/mol. The average molecular weight is 439 g/mol. The van der Waals surface area contributed by atoms with Gasteiger partial charge in [-0.3, -0.25) is 9.97 Å². The zero-order valence-electron chi connectivity index (χ0n) is 15.5. The molecule has 0 N–H and O–H groups in total. The van der Waals surface area contributed by atoms with Crippen molar-refractivity contribution in [2.75, 3.05) is 0 Å². The zero-order chi connectivity index (χ0) is 20.7. The zero-order valence-corrected chi connectivity index (χ0v) is 17.1. The molecular formula is C21H15FN4O2S2. The van der Waals surface area contributed by atoms with Crippen molar-refractivity contribution in [1.82, 2.24) is 14.4 Å². The van der Waals surface area contributed by atoms with Crippen LogP contribution in [-0.4, -0.2) is 28.5 Å². The van der Waals surface area contributed by atoms with Crippen molar-refractivity contribution in [2.24, 2.45) is 5.10 Å². The molecule has 0 fully saturated rings.